The van der Waals surface area contributed by atoms with Crippen molar-refractivity contribution in [2.45, 2.75) is 51.6 Å². The largest absolute Gasteiger partial charge is 0.339 e. The molecule has 142 valence electrons. The number of anilines is 1. The predicted octanol–water partition coefficient (Wildman–Crippen LogP) is 4.40. The maximum absolute atomic E-state index is 13.1. The molecule has 0 N–H and O–H groups in total. The molecule has 0 aliphatic carbocycles. The highest BCUT2D eigenvalue weighted by Crippen LogP contribution is 2.22. The van der Waals surface area contributed by atoms with Crippen molar-refractivity contribution in [3.8, 4) is 0 Å². The number of hydrogen-bond acceptors (Lipinski definition) is 2. The minimum Gasteiger partial charge on any atom is -0.339 e. The van der Waals surface area contributed by atoms with E-state index in [1.165, 1.54) is 6.42 Å². The molecule has 1 fully saturated rings. The zero-order valence-corrected chi connectivity index (χ0v) is 16.0. The molecule has 1 atom stereocenters. The summed E-state index contributed by atoms with van der Waals surface area (Å²) in [6.45, 7) is 3.35. The van der Waals surface area contributed by atoms with Crippen LogP contribution in [0.5, 0.6) is 0 Å². The Bertz CT molecular complexity index is 745. The molecule has 0 spiro atoms. The highest BCUT2D eigenvalue weighted by molar-refractivity contribution is 6.05. The van der Waals surface area contributed by atoms with E-state index >= 15 is 0 Å². The highest BCUT2D eigenvalue weighted by Gasteiger charge is 2.28. The molecule has 1 heterocycles. The van der Waals surface area contributed by atoms with Gasteiger partial charge in [0.15, 0.2) is 0 Å². The van der Waals surface area contributed by atoms with E-state index in [-0.39, 0.29) is 24.3 Å². The molecule has 4 heteroatoms. The van der Waals surface area contributed by atoms with E-state index < -0.39 is 0 Å². The van der Waals surface area contributed by atoms with Crippen LogP contribution in [0, 0.1) is 0 Å². The number of carbonyl (C=O) groups is 2. The Morgan fingerprint density at radius 2 is 1.67 bits per heavy atom. The van der Waals surface area contributed by atoms with Crippen LogP contribution in [0.25, 0.3) is 0 Å². The van der Waals surface area contributed by atoms with Crippen LogP contribution in [-0.4, -0.2) is 29.3 Å². The molecule has 2 aromatic carbocycles. The minimum absolute atomic E-state index is 0.0412. The van der Waals surface area contributed by atoms with E-state index in [0.717, 1.165) is 37.1 Å². The molecule has 27 heavy (non-hydrogen) atoms. The van der Waals surface area contributed by atoms with Crippen LogP contribution in [0.1, 0.15) is 44.6 Å². The zero-order valence-electron chi connectivity index (χ0n) is 16.0. The second-order valence-corrected chi connectivity index (χ2v) is 7.12. The van der Waals surface area contributed by atoms with Gasteiger partial charge in [-0.2, -0.15) is 0 Å². The minimum atomic E-state index is -0.143. The summed E-state index contributed by atoms with van der Waals surface area (Å²) in [5, 5.41) is 0. The second kappa shape index (κ2) is 9.36. The number of amides is 2. The van der Waals surface area contributed by atoms with E-state index in [1.54, 1.807) is 4.90 Å². The van der Waals surface area contributed by atoms with Crippen molar-refractivity contribution in [2.75, 3.05) is 11.4 Å². The van der Waals surface area contributed by atoms with Crippen molar-refractivity contribution in [3.05, 3.63) is 66.2 Å². The zero-order chi connectivity index (χ0) is 19.1. The number of piperidine rings is 1. The molecule has 2 amide bonds. The number of rotatable bonds is 6. The lowest BCUT2D eigenvalue weighted by Gasteiger charge is -2.35. The van der Waals surface area contributed by atoms with Gasteiger partial charge < -0.3 is 9.80 Å². The summed E-state index contributed by atoms with van der Waals surface area (Å²) in [4.78, 5) is 29.6. The molecule has 1 unspecified atom stereocenters. The number of likely N-dealkylation sites (tertiary alicyclic amines) is 1. The van der Waals surface area contributed by atoms with Gasteiger partial charge in [-0.25, -0.2) is 0 Å². The molecular formula is C23H28N2O2. The number of hydrogen-bond donors (Lipinski definition) is 0. The Morgan fingerprint density at radius 1 is 1.00 bits per heavy atom. The van der Waals surface area contributed by atoms with Crippen LogP contribution in [0.4, 0.5) is 5.69 Å². The summed E-state index contributed by atoms with van der Waals surface area (Å²) in [5.74, 6) is -0.184. The van der Waals surface area contributed by atoms with Crippen molar-refractivity contribution in [1.29, 1.82) is 0 Å². The monoisotopic (exact) mass is 364 g/mol. The third-order valence-electron chi connectivity index (χ3n) is 5.27. The molecule has 0 aromatic heterocycles. The smallest absolute Gasteiger partial charge is 0.236 e. The fourth-order valence-corrected chi connectivity index (χ4v) is 3.78. The third kappa shape index (κ3) is 4.97. The van der Waals surface area contributed by atoms with E-state index in [1.807, 2.05) is 65.6 Å². The average molecular weight is 364 g/mol. The van der Waals surface area contributed by atoms with Crippen molar-refractivity contribution in [1.82, 2.24) is 4.90 Å². The van der Waals surface area contributed by atoms with Crippen LogP contribution in [-0.2, 0) is 16.1 Å². The van der Waals surface area contributed by atoms with Crippen molar-refractivity contribution < 1.29 is 9.59 Å². The summed E-state index contributed by atoms with van der Waals surface area (Å²) in [7, 11) is 0. The average Bonchev–Trinajstić information content (AvgIpc) is 2.73. The highest BCUT2D eigenvalue weighted by atomic mass is 16.2. The summed E-state index contributed by atoms with van der Waals surface area (Å²) >= 11 is 0. The molecule has 0 radical (unpaired) electrons. The molecule has 1 saturated heterocycles. The number of carbonyl (C=O) groups excluding carboxylic acids is 2. The van der Waals surface area contributed by atoms with Gasteiger partial charge in [0.05, 0.1) is 6.54 Å². The van der Waals surface area contributed by atoms with Crippen LogP contribution in [0.15, 0.2) is 60.7 Å². The van der Waals surface area contributed by atoms with Gasteiger partial charge in [0.1, 0.15) is 6.42 Å². The van der Waals surface area contributed by atoms with Crippen LogP contribution in [0.3, 0.4) is 0 Å². The van der Waals surface area contributed by atoms with Gasteiger partial charge in [-0.05, 0) is 43.4 Å². The molecule has 0 saturated carbocycles. The van der Waals surface area contributed by atoms with Gasteiger partial charge in [-0.15, -0.1) is 0 Å². The molecular weight excluding hydrogens is 336 g/mol. The first-order valence-corrected chi connectivity index (χ1v) is 9.88. The fraction of sp³-hybridized carbons (Fsp3) is 0.391. The molecule has 4 nitrogen and oxygen atoms in total. The first-order chi connectivity index (χ1) is 13.2. The normalized spacial score (nSPS) is 16.8. The van der Waals surface area contributed by atoms with Gasteiger partial charge in [-0.3, -0.25) is 9.59 Å². The van der Waals surface area contributed by atoms with Crippen LogP contribution in [0.2, 0.25) is 0 Å². The van der Waals surface area contributed by atoms with E-state index in [4.69, 9.17) is 0 Å². The summed E-state index contributed by atoms with van der Waals surface area (Å²) in [6, 6.07) is 19.8. The maximum atomic E-state index is 13.1. The second-order valence-electron chi connectivity index (χ2n) is 7.12. The fourth-order valence-electron chi connectivity index (χ4n) is 3.78. The van der Waals surface area contributed by atoms with Crippen LogP contribution < -0.4 is 4.90 Å². The topological polar surface area (TPSA) is 40.6 Å². The first kappa shape index (κ1) is 19.2. The van der Waals surface area contributed by atoms with Gasteiger partial charge in [0, 0.05) is 18.3 Å². The van der Waals surface area contributed by atoms with Gasteiger partial charge >= 0.3 is 0 Å². The van der Waals surface area contributed by atoms with Crippen molar-refractivity contribution in [2.24, 2.45) is 0 Å². The van der Waals surface area contributed by atoms with Gasteiger partial charge in [0.2, 0.25) is 11.8 Å². The maximum Gasteiger partial charge on any atom is 0.236 e. The number of para-hydroxylation sites is 1. The molecule has 1 aliphatic rings. The van der Waals surface area contributed by atoms with Gasteiger partial charge in [0.25, 0.3) is 0 Å². The lowest BCUT2D eigenvalue weighted by molar-refractivity contribution is -0.138. The first-order valence-electron chi connectivity index (χ1n) is 9.88. The molecule has 0 bridgehead atoms. The molecule has 1 aliphatic heterocycles. The Kier molecular flexibility index (Phi) is 6.64. The Balaban J connectivity index is 1.75. The Morgan fingerprint density at radius 3 is 2.33 bits per heavy atom. The third-order valence-corrected chi connectivity index (χ3v) is 5.27. The number of nitrogens with zero attached hydrogens (tertiary/aromatic N) is 2. The Hall–Kier alpha value is -2.62. The lowest BCUT2D eigenvalue weighted by atomic mass is 9.99. The summed E-state index contributed by atoms with van der Waals surface area (Å²) in [5.41, 5.74) is 1.87. The van der Waals surface area contributed by atoms with Crippen molar-refractivity contribution in [3.63, 3.8) is 0 Å². The number of benzene rings is 2. The predicted molar refractivity (Wildman–Crippen MR) is 108 cm³/mol. The van der Waals surface area contributed by atoms with E-state index in [2.05, 4.69) is 6.92 Å². The standard InChI is InChI=1S/C23H28N2O2/c1-2-20-13-9-10-16-24(20)22(26)17-23(27)25(21-14-7-4-8-15-21)18-19-11-5-3-6-12-19/h3-8,11-12,14-15,20H,2,9-10,13,16-18H2,1H3. The summed E-state index contributed by atoms with van der Waals surface area (Å²) in [6.07, 6.45) is 4.12. The van der Waals surface area contributed by atoms with E-state index in [0.29, 0.717) is 6.54 Å². The SMILES string of the molecule is CCC1CCCCN1C(=O)CC(=O)N(Cc1ccccc1)c1ccccc1. The lowest BCUT2D eigenvalue weighted by Crippen LogP contribution is -2.45. The quantitative estimate of drug-likeness (QED) is 0.713. The Labute approximate surface area is 161 Å². The van der Waals surface area contributed by atoms with Crippen molar-refractivity contribution >= 4 is 17.5 Å². The van der Waals surface area contributed by atoms with Crippen LogP contribution >= 0.6 is 0 Å². The summed E-state index contributed by atoms with van der Waals surface area (Å²) < 4.78 is 0. The van der Waals surface area contributed by atoms with E-state index in [9.17, 15) is 9.59 Å². The molecule has 2 aromatic rings. The van der Waals surface area contributed by atoms with Gasteiger partial charge in [-0.1, -0.05) is 55.5 Å². The molecule has 3 rings (SSSR count).